The zero-order valence-corrected chi connectivity index (χ0v) is 13.2. The van der Waals surface area contributed by atoms with E-state index in [1.807, 2.05) is 19.0 Å². The molecule has 1 aromatic heterocycles. The van der Waals surface area contributed by atoms with Crippen LogP contribution in [0.15, 0.2) is 23.4 Å². The van der Waals surface area contributed by atoms with Crippen LogP contribution in [0, 0.1) is 0 Å². The van der Waals surface area contributed by atoms with Crippen molar-refractivity contribution in [3.63, 3.8) is 0 Å². The molecule has 1 aromatic rings. The van der Waals surface area contributed by atoms with Gasteiger partial charge in [-0.2, -0.15) is 0 Å². The minimum Gasteiger partial charge on any atom is -0.313 e. The molecule has 0 saturated carbocycles. The minimum atomic E-state index is -3.51. The second kappa shape index (κ2) is 8.31. The van der Waals surface area contributed by atoms with Gasteiger partial charge < -0.3 is 10.2 Å². The van der Waals surface area contributed by atoms with Crippen molar-refractivity contribution in [1.82, 2.24) is 19.9 Å². The average molecular weight is 300 g/mol. The number of nitrogens with zero attached hydrogens (tertiary/aromatic N) is 2. The molecule has 0 aliphatic carbocycles. The normalized spacial score (nSPS) is 12.0. The van der Waals surface area contributed by atoms with E-state index < -0.39 is 10.0 Å². The van der Waals surface area contributed by atoms with E-state index in [0.717, 1.165) is 18.5 Å². The lowest BCUT2D eigenvalue weighted by Gasteiger charge is -2.10. The van der Waals surface area contributed by atoms with Crippen molar-refractivity contribution in [2.75, 3.05) is 33.7 Å². The molecule has 6 nitrogen and oxygen atoms in total. The van der Waals surface area contributed by atoms with E-state index in [2.05, 4.69) is 21.9 Å². The Hall–Kier alpha value is -1.02. The maximum absolute atomic E-state index is 12.0. The third-order valence-corrected chi connectivity index (χ3v) is 4.06. The lowest BCUT2D eigenvalue weighted by atomic mass is 10.3. The molecule has 0 aliphatic rings. The highest BCUT2D eigenvalue weighted by Crippen LogP contribution is 2.06. The maximum Gasteiger partial charge on any atom is 0.258 e. The molecule has 1 rings (SSSR count). The predicted octanol–water partition coefficient (Wildman–Crippen LogP) is 0.421. The average Bonchev–Trinajstić information content (AvgIpc) is 2.39. The summed E-state index contributed by atoms with van der Waals surface area (Å²) < 4.78 is 26.5. The molecule has 0 radical (unpaired) electrons. The summed E-state index contributed by atoms with van der Waals surface area (Å²) in [7, 11) is 0.281. The van der Waals surface area contributed by atoms with Crippen molar-refractivity contribution in [2.24, 2.45) is 0 Å². The Bertz CT molecular complexity index is 486. The quantitative estimate of drug-likeness (QED) is 0.647. The fourth-order valence-electron chi connectivity index (χ4n) is 1.56. The standard InChI is InChI=1S/C13H24N4O2S/c1-4-7-14-10-12-5-6-13(15-11-12)20(18,19)16-8-9-17(2)3/h5-6,11,14,16H,4,7-10H2,1-3H3. The van der Waals surface area contributed by atoms with Crippen molar-refractivity contribution in [2.45, 2.75) is 24.9 Å². The fourth-order valence-corrected chi connectivity index (χ4v) is 2.51. The van der Waals surface area contributed by atoms with E-state index >= 15 is 0 Å². The van der Waals surface area contributed by atoms with Crippen LogP contribution in [0.2, 0.25) is 0 Å². The van der Waals surface area contributed by atoms with Gasteiger partial charge in [-0.1, -0.05) is 13.0 Å². The van der Waals surface area contributed by atoms with Gasteiger partial charge in [-0.3, -0.25) is 0 Å². The Labute approximate surface area is 121 Å². The molecule has 20 heavy (non-hydrogen) atoms. The molecular formula is C13H24N4O2S. The second-order valence-electron chi connectivity index (χ2n) is 4.88. The van der Waals surface area contributed by atoms with Gasteiger partial charge in [-0.15, -0.1) is 0 Å². The van der Waals surface area contributed by atoms with Gasteiger partial charge in [0.05, 0.1) is 0 Å². The van der Waals surface area contributed by atoms with Crippen LogP contribution in [-0.4, -0.2) is 52.0 Å². The summed E-state index contributed by atoms with van der Waals surface area (Å²) in [4.78, 5) is 5.94. The van der Waals surface area contributed by atoms with Crippen LogP contribution in [0.25, 0.3) is 0 Å². The molecule has 0 amide bonds. The number of hydrogen-bond acceptors (Lipinski definition) is 5. The van der Waals surface area contributed by atoms with Crippen LogP contribution in [0.5, 0.6) is 0 Å². The topological polar surface area (TPSA) is 74.3 Å². The highest BCUT2D eigenvalue weighted by Gasteiger charge is 2.14. The Morgan fingerprint density at radius 3 is 2.55 bits per heavy atom. The zero-order valence-electron chi connectivity index (χ0n) is 12.4. The van der Waals surface area contributed by atoms with Gasteiger partial charge in [0.25, 0.3) is 10.0 Å². The van der Waals surface area contributed by atoms with E-state index in [0.29, 0.717) is 19.6 Å². The summed E-state index contributed by atoms with van der Waals surface area (Å²) in [6.45, 7) is 4.76. The first-order chi connectivity index (χ1) is 9.45. The molecule has 0 spiro atoms. The molecule has 0 bridgehead atoms. The molecule has 0 atom stereocenters. The van der Waals surface area contributed by atoms with E-state index in [1.54, 1.807) is 18.3 Å². The molecule has 7 heteroatoms. The lowest BCUT2D eigenvalue weighted by molar-refractivity contribution is 0.412. The summed E-state index contributed by atoms with van der Waals surface area (Å²) in [5.41, 5.74) is 0.977. The largest absolute Gasteiger partial charge is 0.313 e. The molecule has 1 heterocycles. The van der Waals surface area contributed by atoms with Crippen LogP contribution in [0.4, 0.5) is 0 Å². The monoisotopic (exact) mass is 300 g/mol. The first kappa shape index (κ1) is 17.0. The Morgan fingerprint density at radius 1 is 1.25 bits per heavy atom. The number of hydrogen-bond donors (Lipinski definition) is 2. The van der Waals surface area contributed by atoms with Gasteiger partial charge in [0.15, 0.2) is 5.03 Å². The van der Waals surface area contributed by atoms with Crippen molar-refractivity contribution in [3.8, 4) is 0 Å². The number of aromatic nitrogens is 1. The Balaban J connectivity index is 2.57. The number of sulfonamides is 1. The predicted molar refractivity (Wildman–Crippen MR) is 80.0 cm³/mol. The van der Waals surface area contributed by atoms with Crippen LogP contribution in [0.1, 0.15) is 18.9 Å². The minimum absolute atomic E-state index is 0.0653. The van der Waals surface area contributed by atoms with Gasteiger partial charge >= 0.3 is 0 Å². The van der Waals surface area contributed by atoms with Crippen molar-refractivity contribution >= 4 is 10.0 Å². The lowest BCUT2D eigenvalue weighted by Crippen LogP contribution is -2.31. The third kappa shape index (κ3) is 5.96. The SMILES string of the molecule is CCCNCc1ccc(S(=O)(=O)NCCN(C)C)nc1. The van der Waals surface area contributed by atoms with Gasteiger partial charge in [0.1, 0.15) is 0 Å². The summed E-state index contributed by atoms with van der Waals surface area (Å²) >= 11 is 0. The van der Waals surface area contributed by atoms with Crippen molar-refractivity contribution in [1.29, 1.82) is 0 Å². The van der Waals surface area contributed by atoms with Crippen LogP contribution < -0.4 is 10.0 Å². The fraction of sp³-hybridized carbons (Fsp3) is 0.615. The maximum atomic E-state index is 12.0. The number of likely N-dealkylation sites (N-methyl/N-ethyl adjacent to an activating group) is 1. The van der Waals surface area contributed by atoms with E-state index in [-0.39, 0.29) is 5.03 Å². The molecule has 0 aliphatic heterocycles. The molecule has 0 aromatic carbocycles. The van der Waals surface area contributed by atoms with E-state index in [9.17, 15) is 8.42 Å². The first-order valence-corrected chi connectivity index (χ1v) is 8.24. The van der Waals surface area contributed by atoms with E-state index in [1.165, 1.54) is 0 Å². The Morgan fingerprint density at radius 2 is 2.00 bits per heavy atom. The third-order valence-electron chi connectivity index (χ3n) is 2.68. The summed E-state index contributed by atoms with van der Waals surface area (Å²) in [6, 6.07) is 3.33. The second-order valence-corrected chi connectivity index (χ2v) is 6.60. The zero-order chi connectivity index (χ0) is 15.0. The molecule has 2 N–H and O–H groups in total. The Kier molecular flexibility index (Phi) is 7.08. The van der Waals surface area contributed by atoms with Gasteiger partial charge in [0, 0.05) is 25.8 Å². The first-order valence-electron chi connectivity index (χ1n) is 6.75. The molecule has 0 unspecified atom stereocenters. The highest BCUT2D eigenvalue weighted by atomic mass is 32.2. The van der Waals surface area contributed by atoms with Crippen LogP contribution in [0.3, 0.4) is 0 Å². The molecule has 114 valence electrons. The smallest absolute Gasteiger partial charge is 0.258 e. The van der Waals surface area contributed by atoms with Crippen LogP contribution in [-0.2, 0) is 16.6 Å². The number of rotatable bonds is 9. The van der Waals surface area contributed by atoms with Gasteiger partial charge in [-0.25, -0.2) is 18.1 Å². The number of nitrogens with one attached hydrogen (secondary N) is 2. The summed E-state index contributed by atoms with van der Waals surface area (Å²) in [5, 5.41) is 3.31. The van der Waals surface area contributed by atoms with Gasteiger partial charge in [0.2, 0.25) is 0 Å². The highest BCUT2D eigenvalue weighted by molar-refractivity contribution is 7.89. The van der Waals surface area contributed by atoms with Crippen LogP contribution >= 0.6 is 0 Å². The molecule has 0 fully saturated rings. The van der Waals surface area contributed by atoms with E-state index in [4.69, 9.17) is 0 Å². The van der Waals surface area contributed by atoms with Crippen molar-refractivity contribution < 1.29 is 8.42 Å². The molecular weight excluding hydrogens is 276 g/mol. The number of pyridine rings is 1. The molecule has 0 saturated heterocycles. The van der Waals surface area contributed by atoms with Crippen molar-refractivity contribution in [3.05, 3.63) is 23.9 Å². The van der Waals surface area contributed by atoms with Gasteiger partial charge in [-0.05, 0) is 38.7 Å². The summed E-state index contributed by atoms with van der Waals surface area (Å²) in [5.74, 6) is 0. The summed E-state index contributed by atoms with van der Waals surface area (Å²) in [6.07, 6.45) is 2.67.